The Bertz CT molecular complexity index is 468. The maximum absolute atomic E-state index is 10.3. The molecule has 0 aliphatic heterocycles. The van der Waals surface area contributed by atoms with Gasteiger partial charge in [0.1, 0.15) is 17.2 Å². The highest BCUT2D eigenvalue weighted by Crippen LogP contribution is 2.17. The van der Waals surface area contributed by atoms with Gasteiger partial charge in [-0.15, -0.1) is 0 Å². The molecule has 6 heteroatoms. The van der Waals surface area contributed by atoms with Gasteiger partial charge < -0.3 is 10.4 Å². The quantitative estimate of drug-likeness (QED) is 0.794. The van der Waals surface area contributed by atoms with Crippen molar-refractivity contribution in [2.45, 2.75) is 0 Å². The Hall–Kier alpha value is -1.69. The molecule has 5 nitrogen and oxygen atoms in total. The minimum Gasteiger partial charge on any atom is -0.480 e. The summed E-state index contributed by atoms with van der Waals surface area (Å²) in [5, 5.41) is 12.1. The van der Waals surface area contributed by atoms with Crippen molar-refractivity contribution >= 4 is 33.5 Å². The molecule has 0 atom stereocenters. The average molecular weight is 209 g/mol. The molecule has 14 heavy (non-hydrogen) atoms. The number of hydrogen-bond acceptors (Lipinski definition) is 5. The van der Waals surface area contributed by atoms with E-state index in [9.17, 15) is 4.79 Å². The Morgan fingerprint density at radius 3 is 3.21 bits per heavy atom. The minimum atomic E-state index is -0.906. The molecule has 0 spiro atoms. The third kappa shape index (κ3) is 1.80. The monoisotopic (exact) mass is 209 g/mol. The Balaban J connectivity index is 2.21. The fourth-order valence-corrected chi connectivity index (χ4v) is 1.65. The lowest BCUT2D eigenvalue weighted by Crippen LogP contribution is -2.12. The molecule has 2 N–H and O–H groups in total. The van der Waals surface area contributed by atoms with E-state index in [0.29, 0.717) is 5.82 Å². The molecule has 2 heterocycles. The number of nitrogens with zero attached hydrogens (tertiary/aromatic N) is 2. The molecule has 0 saturated heterocycles. The molecule has 0 aliphatic rings. The van der Waals surface area contributed by atoms with Crippen LogP contribution in [-0.2, 0) is 4.79 Å². The van der Waals surface area contributed by atoms with Gasteiger partial charge in [-0.3, -0.25) is 4.79 Å². The number of pyridine rings is 1. The number of aromatic nitrogens is 2. The van der Waals surface area contributed by atoms with E-state index in [2.05, 4.69) is 14.7 Å². The Kier molecular flexibility index (Phi) is 2.28. The van der Waals surface area contributed by atoms with Crippen molar-refractivity contribution in [3.05, 3.63) is 18.3 Å². The molecule has 72 valence electrons. The summed E-state index contributed by atoms with van der Waals surface area (Å²) in [5.41, 5.74) is 0. The first kappa shape index (κ1) is 8.89. The number of hydrogen-bond donors (Lipinski definition) is 2. The van der Waals surface area contributed by atoms with Crippen LogP contribution in [-0.4, -0.2) is 27.0 Å². The van der Waals surface area contributed by atoms with E-state index in [1.54, 1.807) is 12.3 Å². The lowest BCUT2D eigenvalue weighted by atomic mass is 10.3. The van der Waals surface area contributed by atoms with Gasteiger partial charge in [0, 0.05) is 5.39 Å². The van der Waals surface area contributed by atoms with Crippen molar-refractivity contribution in [2.75, 3.05) is 11.9 Å². The molecule has 2 aromatic rings. The summed E-state index contributed by atoms with van der Waals surface area (Å²) in [6.45, 7) is -0.128. The van der Waals surface area contributed by atoms with E-state index in [0.717, 1.165) is 10.2 Å². The van der Waals surface area contributed by atoms with Crippen LogP contribution >= 0.6 is 11.5 Å². The molecule has 0 aromatic carbocycles. The fraction of sp³-hybridized carbons (Fsp3) is 0.125. The van der Waals surface area contributed by atoms with Crippen molar-refractivity contribution in [3.63, 3.8) is 0 Å². The number of fused-ring (bicyclic) bond motifs is 1. The van der Waals surface area contributed by atoms with Crippen molar-refractivity contribution in [1.29, 1.82) is 0 Å². The molecule has 0 unspecified atom stereocenters. The first-order chi connectivity index (χ1) is 6.75. The molecule has 0 bridgehead atoms. The molecular weight excluding hydrogens is 202 g/mol. The third-order valence-corrected chi connectivity index (χ3v) is 2.35. The van der Waals surface area contributed by atoms with Gasteiger partial charge in [-0.2, -0.15) is 4.37 Å². The topological polar surface area (TPSA) is 75.1 Å². The van der Waals surface area contributed by atoms with Crippen molar-refractivity contribution in [2.24, 2.45) is 0 Å². The van der Waals surface area contributed by atoms with Crippen LogP contribution < -0.4 is 5.32 Å². The van der Waals surface area contributed by atoms with E-state index >= 15 is 0 Å². The van der Waals surface area contributed by atoms with Crippen molar-refractivity contribution in [3.8, 4) is 0 Å². The van der Waals surface area contributed by atoms with Crippen LogP contribution in [0, 0.1) is 0 Å². The number of nitrogens with one attached hydrogen (secondary N) is 1. The predicted octanol–water partition coefficient (Wildman–Crippen LogP) is 1.19. The molecule has 0 radical (unpaired) electrons. The zero-order valence-electron chi connectivity index (χ0n) is 7.10. The van der Waals surface area contributed by atoms with Gasteiger partial charge in [0.2, 0.25) is 0 Å². The smallest absolute Gasteiger partial charge is 0.322 e. The largest absolute Gasteiger partial charge is 0.480 e. The fourth-order valence-electron chi connectivity index (χ4n) is 1.02. The number of rotatable bonds is 3. The zero-order chi connectivity index (χ0) is 9.97. The molecule has 2 rings (SSSR count). The highest BCUT2D eigenvalue weighted by atomic mass is 32.1. The standard InChI is InChI=1S/C8H7N3O2S/c12-7(13)4-9-6-2-1-5-3-10-14-8(5)11-6/h1-3H,4H2,(H,9,11)(H,12,13). The Morgan fingerprint density at radius 1 is 1.57 bits per heavy atom. The Morgan fingerprint density at radius 2 is 2.43 bits per heavy atom. The van der Waals surface area contributed by atoms with Gasteiger partial charge in [-0.1, -0.05) is 0 Å². The van der Waals surface area contributed by atoms with Gasteiger partial charge >= 0.3 is 5.97 Å². The zero-order valence-corrected chi connectivity index (χ0v) is 7.91. The van der Waals surface area contributed by atoms with Crippen LogP contribution in [0.3, 0.4) is 0 Å². The van der Waals surface area contributed by atoms with Crippen LogP contribution in [0.1, 0.15) is 0 Å². The maximum atomic E-state index is 10.3. The van der Waals surface area contributed by atoms with E-state index in [1.165, 1.54) is 11.5 Å². The van der Waals surface area contributed by atoms with Crippen molar-refractivity contribution in [1.82, 2.24) is 9.36 Å². The van der Waals surface area contributed by atoms with Gasteiger partial charge in [-0.25, -0.2) is 4.98 Å². The number of carboxylic acids is 1. The molecule has 0 amide bonds. The molecule has 0 aliphatic carbocycles. The van der Waals surface area contributed by atoms with Crippen LogP contribution in [0.5, 0.6) is 0 Å². The van der Waals surface area contributed by atoms with Crippen LogP contribution in [0.25, 0.3) is 10.2 Å². The van der Waals surface area contributed by atoms with E-state index in [-0.39, 0.29) is 6.54 Å². The first-order valence-corrected chi connectivity index (χ1v) is 4.70. The normalized spacial score (nSPS) is 10.3. The number of anilines is 1. The second-order valence-corrected chi connectivity index (χ2v) is 3.44. The van der Waals surface area contributed by atoms with Crippen molar-refractivity contribution < 1.29 is 9.90 Å². The highest BCUT2D eigenvalue weighted by Gasteiger charge is 2.01. The van der Waals surface area contributed by atoms with E-state index < -0.39 is 5.97 Å². The van der Waals surface area contributed by atoms with E-state index in [4.69, 9.17) is 5.11 Å². The van der Waals surface area contributed by atoms with Gasteiger partial charge in [0.15, 0.2) is 0 Å². The summed E-state index contributed by atoms with van der Waals surface area (Å²) < 4.78 is 3.97. The average Bonchev–Trinajstić information content (AvgIpc) is 2.61. The summed E-state index contributed by atoms with van der Waals surface area (Å²) in [4.78, 5) is 15.3. The minimum absolute atomic E-state index is 0.128. The Labute approximate surface area is 83.6 Å². The van der Waals surface area contributed by atoms with Crippen LogP contribution in [0.4, 0.5) is 5.82 Å². The number of carbonyl (C=O) groups is 1. The summed E-state index contributed by atoms with van der Waals surface area (Å²) >= 11 is 1.29. The SMILES string of the molecule is O=C(O)CNc1ccc2cnsc2n1. The second kappa shape index (κ2) is 3.59. The predicted molar refractivity (Wildman–Crippen MR) is 53.5 cm³/mol. The molecule has 0 saturated carbocycles. The first-order valence-electron chi connectivity index (χ1n) is 3.93. The lowest BCUT2D eigenvalue weighted by molar-refractivity contribution is -0.134. The molecular formula is C8H7N3O2S. The third-order valence-electron chi connectivity index (χ3n) is 1.64. The molecule has 2 aromatic heterocycles. The summed E-state index contributed by atoms with van der Waals surface area (Å²) in [7, 11) is 0. The summed E-state index contributed by atoms with van der Waals surface area (Å²) in [5.74, 6) is -0.347. The van der Waals surface area contributed by atoms with Gasteiger partial charge in [0.05, 0.1) is 6.20 Å². The molecule has 0 fully saturated rings. The van der Waals surface area contributed by atoms with Gasteiger partial charge in [-0.05, 0) is 23.7 Å². The van der Waals surface area contributed by atoms with Gasteiger partial charge in [0.25, 0.3) is 0 Å². The highest BCUT2D eigenvalue weighted by molar-refractivity contribution is 7.12. The lowest BCUT2D eigenvalue weighted by Gasteiger charge is -2.00. The maximum Gasteiger partial charge on any atom is 0.322 e. The second-order valence-electron chi connectivity index (χ2n) is 2.66. The van der Waals surface area contributed by atoms with Crippen LogP contribution in [0.15, 0.2) is 18.3 Å². The summed E-state index contributed by atoms with van der Waals surface area (Å²) in [6, 6.07) is 3.59. The number of aliphatic carboxylic acids is 1. The summed E-state index contributed by atoms with van der Waals surface area (Å²) in [6.07, 6.45) is 1.73. The number of carboxylic acid groups (broad SMARTS) is 1. The van der Waals surface area contributed by atoms with Crippen LogP contribution in [0.2, 0.25) is 0 Å². The van der Waals surface area contributed by atoms with E-state index in [1.807, 2.05) is 6.07 Å².